The second-order valence-corrected chi connectivity index (χ2v) is 5.92. The minimum Gasteiger partial charge on any atom is -0.366 e. The molecule has 0 radical (unpaired) electrons. The summed E-state index contributed by atoms with van der Waals surface area (Å²) in [6.07, 6.45) is 0. The standard InChI is InChI=1S/C19H20N2O/c1-12(2)21-13(3)17(19(20)22)11-18(21)16-9-8-14-6-4-5-7-15(14)10-16/h4-12H,1-3H3,(H2,20,22). The maximum Gasteiger partial charge on any atom is 0.250 e. The van der Waals surface area contributed by atoms with Crippen LogP contribution in [0.15, 0.2) is 48.5 Å². The number of carbonyl (C=O) groups is 1. The van der Waals surface area contributed by atoms with Crippen LogP contribution in [0.5, 0.6) is 0 Å². The van der Waals surface area contributed by atoms with Crippen LogP contribution in [0.3, 0.4) is 0 Å². The van der Waals surface area contributed by atoms with Crippen LogP contribution in [0.4, 0.5) is 0 Å². The summed E-state index contributed by atoms with van der Waals surface area (Å²) < 4.78 is 2.17. The topological polar surface area (TPSA) is 48.0 Å². The molecule has 0 aliphatic heterocycles. The number of benzene rings is 2. The summed E-state index contributed by atoms with van der Waals surface area (Å²) >= 11 is 0. The molecule has 1 amide bonds. The molecule has 3 nitrogen and oxygen atoms in total. The molecule has 0 atom stereocenters. The highest BCUT2D eigenvalue weighted by molar-refractivity contribution is 5.96. The van der Waals surface area contributed by atoms with E-state index in [1.54, 1.807) is 0 Å². The lowest BCUT2D eigenvalue weighted by atomic mass is 10.0. The molecule has 0 saturated heterocycles. The van der Waals surface area contributed by atoms with Gasteiger partial charge in [-0.05, 0) is 49.2 Å². The quantitative estimate of drug-likeness (QED) is 0.769. The van der Waals surface area contributed by atoms with E-state index in [0.717, 1.165) is 17.0 Å². The van der Waals surface area contributed by atoms with Gasteiger partial charge in [-0.2, -0.15) is 0 Å². The Balaban J connectivity index is 2.25. The van der Waals surface area contributed by atoms with Crippen LogP contribution in [-0.4, -0.2) is 10.5 Å². The fourth-order valence-corrected chi connectivity index (χ4v) is 3.11. The van der Waals surface area contributed by atoms with Crippen molar-refractivity contribution in [3.8, 4) is 11.3 Å². The Morgan fingerprint density at radius 2 is 1.73 bits per heavy atom. The largest absolute Gasteiger partial charge is 0.366 e. The SMILES string of the molecule is Cc1c(C(N)=O)cc(-c2ccc3ccccc3c2)n1C(C)C. The van der Waals surface area contributed by atoms with Gasteiger partial charge in [-0.25, -0.2) is 0 Å². The van der Waals surface area contributed by atoms with Gasteiger partial charge in [0.15, 0.2) is 0 Å². The van der Waals surface area contributed by atoms with Gasteiger partial charge in [0.05, 0.1) is 5.56 Å². The molecule has 22 heavy (non-hydrogen) atoms. The number of nitrogens with two attached hydrogens (primary N) is 1. The van der Waals surface area contributed by atoms with E-state index in [1.807, 2.05) is 25.1 Å². The Hall–Kier alpha value is -2.55. The number of nitrogens with zero attached hydrogens (tertiary/aromatic N) is 1. The van der Waals surface area contributed by atoms with Crippen molar-refractivity contribution in [2.75, 3.05) is 0 Å². The van der Waals surface area contributed by atoms with Crippen molar-refractivity contribution in [2.45, 2.75) is 26.8 Å². The summed E-state index contributed by atoms with van der Waals surface area (Å²) in [7, 11) is 0. The van der Waals surface area contributed by atoms with Crippen molar-refractivity contribution >= 4 is 16.7 Å². The van der Waals surface area contributed by atoms with E-state index in [2.05, 4.69) is 48.7 Å². The van der Waals surface area contributed by atoms with Crippen molar-refractivity contribution in [1.82, 2.24) is 4.57 Å². The van der Waals surface area contributed by atoms with Crippen molar-refractivity contribution in [2.24, 2.45) is 5.73 Å². The highest BCUT2D eigenvalue weighted by atomic mass is 16.1. The first-order chi connectivity index (χ1) is 10.5. The van der Waals surface area contributed by atoms with Crippen LogP contribution >= 0.6 is 0 Å². The zero-order valence-corrected chi connectivity index (χ0v) is 13.1. The Kier molecular flexibility index (Phi) is 3.49. The van der Waals surface area contributed by atoms with Gasteiger partial charge in [-0.15, -0.1) is 0 Å². The predicted octanol–water partition coefficient (Wildman–Crippen LogP) is 4.30. The maximum atomic E-state index is 11.7. The lowest BCUT2D eigenvalue weighted by Crippen LogP contribution is -2.13. The van der Waals surface area contributed by atoms with Crippen LogP contribution in [0.2, 0.25) is 0 Å². The summed E-state index contributed by atoms with van der Waals surface area (Å²) in [5.41, 5.74) is 9.16. The fraction of sp³-hybridized carbons (Fsp3) is 0.211. The van der Waals surface area contributed by atoms with Crippen LogP contribution in [0, 0.1) is 6.92 Å². The number of carbonyl (C=O) groups excluding carboxylic acids is 1. The molecule has 1 heterocycles. The van der Waals surface area contributed by atoms with Crippen LogP contribution in [0.1, 0.15) is 35.9 Å². The Morgan fingerprint density at radius 1 is 1.05 bits per heavy atom. The highest BCUT2D eigenvalue weighted by Crippen LogP contribution is 2.31. The minimum absolute atomic E-state index is 0.259. The molecule has 3 rings (SSSR count). The summed E-state index contributed by atoms with van der Waals surface area (Å²) in [4.78, 5) is 11.7. The molecule has 0 saturated carbocycles. The minimum atomic E-state index is -0.376. The van der Waals surface area contributed by atoms with Gasteiger partial charge in [-0.1, -0.05) is 36.4 Å². The molecule has 3 aromatic rings. The first-order valence-corrected chi connectivity index (χ1v) is 7.50. The monoisotopic (exact) mass is 292 g/mol. The molecule has 0 spiro atoms. The van der Waals surface area contributed by atoms with Crippen molar-refractivity contribution < 1.29 is 4.79 Å². The second kappa shape index (κ2) is 5.34. The van der Waals surface area contributed by atoms with Crippen LogP contribution < -0.4 is 5.73 Å². The van der Waals surface area contributed by atoms with E-state index in [4.69, 9.17) is 5.73 Å². The number of amides is 1. The summed E-state index contributed by atoms with van der Waals surface area (Å²) in [6.45, 7) is 6.18. The Bertz CT molecular complexity index is 859. The normalized spacial score (nSPS) is 11.3. The number of aromatic nitrogens is 1. The molecular weight excluding hydrogens is 272 g/mol. The lowest BCUT2D eigenvalue weighted by Gasteiger charge is -2.16. The van der Waals surface area contributed by atoms with Gasteiger partial charge in [0, 0.05) is 17.4 Å². The van der Waals surface area contributed by atoms with Crippen molar-refractivity contribution in [3.63, 3.8) is 0 Å². The van der Waals surface area contributed by atoms with E-state index in [0.29, 0.717) is 5.56 Å². The number of hydrogen-bond acceptors (Lipinski definition) is 1. The van der Waals surface area contributed by atoms with Gasteiger partial charge >= 0.3 is 0 Å². The zero-order valence-electron chi connectivity index (χ0n) is 13.1. The van der Waals surface area contributed by atoms with Gasteiger partial charge in [0.25, 0.3) is 5.91 Å². The second-order valence-electron chi connectivity index (χ2n) is 5.92. The van der Waals surface area contributed by atoms with Crippen molar-refractivity contribution in [3.05, 3.63) is 59.8 Å². The van der Waals surface area contributed by atoms with E-state index in [-0.39, 0.29) is 11.9 Å². The molecular formula is C19H20N2O. The first-order valence-electron chi connectivity index (χ1n) is 7.50. The number of rotatable bonds is 3. The third-order valence-corrected chi connectivity index (χ3v) is 4.12. The van der Waals surface area contributed by atoms with Gasteiger partial charge in [-0.3, -0.25) is 4.79 Å². The maximum absolute atomic E-state index is 11.7. The summed E-state index contributed by atoms with van der Waals surface area (Å²) in [5.74, 6) is -0.376. The van der Waals surface area contributed by atoms with Gasteiger partial charge < -0.3 is 10.3 Å². The smallest absolute Gasteiger partial charge is 0.250 e. The number of primary amides is 1. The Morgan fingerprint density at radius 3 is 2.36 bits per heavy atom. The zero-order chi connectivity index (χ0) is 15.9. The molecule has 0 unspecified atom stereocenters. The van der Waals surface area contributed by atoms with E-state index >= 15 is 0 Å². The molecule has 0 aliphatic carbocycles. The van der Waals surface area contributed by atoms with Gasteiger partial charge in [0.1, 0.15) is 0 Å². The molecule has 0 fully saturated rings. The number of hydrogen-bond donors (Lipinski definition) is 1. The first kappa shape index (κ1) is 14.4. The van der Waals surface area contributed by atoms with E-state index in [9.17, 15) is 4.79 Å². The van der Waals surface area contributed by atoms with E-state index in [1.165, 1.54) is 10.8 Å². The molecule has 2 aromatic carbocycles. The molecule has 0 aliphatic rings. The molecule has 2 N–H and O–H groups in total. The highest BCUT2D eigenvalue weighted by Gasteiger charge is 2.18. The number of fused-ring (bicyclic) bond motifs is 1. The van der Waals surface area contributed by atoms with E-state index < -0.39 is 0 Å². The average molecular weight is 292 g/mol. The predicted molar refractivity (Wildman–Crippen MR) is 91.0 cm³/mol. The molecule has 112 valence electrons. The van der Waals surface area contributed by atoms with Gasteiger partial charge in [0.2, 0.25) is 0 Å². The third kappa shape index (κ3) is 2.29. The Labute approximate surface area is 130 Å². The summed E-state index contributed by atoms with van der Waals surface area (Å²) in [6, 6.07) is 16.8. The summed E-state index contributed by atoms with van der Waals surface area (Å²) in [5, 5.41) is 2.40. The average Bonchev–Trinajstić information content (AvgIpc) is 2.84. The third-order valence-electron chi connectivity index (χ3n) is 4.12. The molecule has 1 aromatic heterocycles. The van der Waals surface area contributed by atoms with Crippen LogP contribution in [0.25, 0.3) is 22.0 Å². The lowest BCUT2D eigenvalue weighted by molar-refractivity contribution is 0.0999. The fourth-order valence-electron chi connectivity index (χ4n) is 3.11. The van der Waals surface area contributed by atoms with Crippen LogP contribution in [-0.2, 0) is 0 Å². The molecule has 3 heteroatoms. The molecule has 0 bridgehead atoms. The van der Waals surface area contributed by atoms with Crippen molar-refractivity contribution in [1.29, 1.82) is 0 Å².